The zero-order valence-electron chi connectivity index (χ0n) is 20.0. The monoisotopic (exact) mass is 490 g/mol. The number of fused-ring (bicyclic) bond motifs is 3. The second-order valence-electron chi connectivity index (χ2n) is 10.9. The molecule has 0 N–H and O–H groups in total. The van der Waals surface area contributed by atoms with Crippen LogP contribution in [0.2, 0.25) is 0 Å². The fourth-order valence-corrected chi connectivity index (χ4v) is 8.40. The number of carbonyl (C=O) groups is 4. The van der Waals surface area contributed by atoms with E-state index >= 15 is 0 Å². The first kappa shape index (κ1) is 23.7. The van der Waals surface area contributed by atoms with Gasteiger partial charge in [0, 0.05) is 24.2 Å². The molecule has 0 radical (unpaired) electrons. The molecule has 4 fully saturated rings. The molecule has 184 valence electrons. The molecule has 0 amide bonds. The van der Waals surface area contributed by atoms with Crippen molar-refractivity contribution in [3.63, 3.8) is 0 Å². The number of allylic oxidation sites excluding steroid dienone is 2. The number of hydrogen-bond acceptors (Lipinski definition) is 7. The Kier molecular flexibility index (Phi) is 5.24. The van der Waals surface area contributed by atoms with Crippen LogP contribution in [0, 0.1) is 22.7 Å². The molecule has 1 spiro atoms. The first-order valence-corrected chi connectivity index (χ1v) is 12.5. The van der Waals surface area contributed by atoms with Crippen molar-refractivity contribution in [3.8, 4) is 0 Å². The Morgan fingerprint density at radius 3 is 2.65 bits per heavy atom. The molecule has 5 aliphatic rings. The fourth-order valence-electron chi connectivity index (χ4n) is 7.92. The summed E-state index contributed by atoms with van der Waals surface area (Å²) < 4.78 is 17.6. The summed E-state index contributed by atoms with van der Waals surface area (Å²) in [6.45, 7) is 6.65. The van der Waals surface area contributed by atoms with Crippen LogP contribution in [0.1, 0.15) is 59.8 Å². The molecule has 5 rings (SSSR count). The molecule has 4 aliphatic carbocycles. The van der Waals surface area contributed by atoms with Crippen molar-refractivity contribution in [1.29, 1.82) is 0 Å². The smallest absolute Gasteiger partial charge is 0.305 e. The highest BCUT2D eigenvalue weighted by molar-refractivity contribution is 6.23. The maximum absolute atomic E-state index is 13.6. The Morgan fingerprint density at radius 1 is 1.24 bits per heavy atom. The van der Waals surface area contributed by atoms with Gasteiger partial charge in [0.15, 0.2) is 18.0 Å². The molecule has 0 aromatic rings. The third kappa shape index (κ3) is 2.86. The minimum absolute atomic E-state index is 0.0158. The van der Waals surface area contributed by atoms with Crippen LogP contribution in [0.15, 0.2) is 23.8 Å². The van der Waals surface area contributed by atoms with Gasteiger partial charge in [-0.15, -0.1) is 11.6 Å². The molecule has 0 aromatic carbocycles. The number of rotatable bonds is 5. The van der Waals surface area contributed by atoms with Crippen LogP contribution in [-0.2, 0) is 33.4 Å². The topological polar surface area (TPSA) is 99.3 Å². The van der Waals surface area contributed by atoms with E-state index in [1.54, 1.807) is 19.1 Å². The van der Waals surface area contributed by atoms with Crippen molar-refractivity contribution >= 4 is 35.1 Å². The predicted molar refractivity (Wildman–Crippen MR) is 122 cm³/mol. The van der Waals surface area contributed by atoms with Crippen LogP contribution in [0.5, 0.6) is 0 Å². The molecule has 1 saturated heterocycles. The van der Waals surface area contributed by atoms with Gasteiger partial charge in [0.25, 0.3) is 0 Å². The highest BCUT2D eigenvalue weighted by Gasteiger charge is 2.82. The average Bonchev–Trinajstić information content (AvgIpc) is 3.43. The zero-order valence-corrected chi connectivity index (χ0v) is 20.8. The lowest BCUT2D eigenvalue weighted by molar-refractivity contribution is -0.187. The van der Waals surface area contributed by atoms with Gasteiger partial charge in [0.05, 0.1) is 11.5 Å². The average molecular weight is 491 g/mol. The van der Waals surface area contributed by atoms with Gasteiger partial charge in [0.2, 0.25) is 5.78 Å². The van der Waals surface area contributed by atoms with Gasteiger partial charge >= 0.3 is 11.9 Å². The maximum Gasteiger partial charge on any atom is 0.305 e. The van der Waals surface area contributed by atoms with Crippen molar-refractivity contribution in [2.75, 3.05) is 6.61 Å². The number of epoxide rings is 1. The summed E-state index contributed by atoms with van der Waals surface area (Å²) in [5, 5.41) is -0.327. The van der Waals surface area contributed by atoms with Crippen LogP contribution in [0.25, 0.3) is 0 Å². The summed E-state index contributed by atoms with van der Waals surface area (Å²) >= 11 is 6.88. The van der Waals surface area contributed by atoms with Crippen LogP contribution in [-0.4, -0.2) is 52.8 Å². The number of hydrogen-bond donors (Lipinski definition) is 0. The zero-order chi connectivity index (χ0) is 24.7. The summed E-state index contributed by atoms with van der Waals surface area (Å²) in [6, 6.07) is 0. The largest absolute Gasteiger partial charge is 0.457 e. The lowest BCUT2D eigenvalue weighted by atomic mass is 9.46. The number of esters is 2. The molecular formula is C26H31ClO7. The van der Waals surface area contributed by atoms with Crippen LogP contribution < -0.4 is 0 Å². The third-order valence-corrected chi connectivity index (χ3v) is 9.88. The fraction of sp³-hybridized carbons (Fsp3) is 0.692. The molecule has 34 heavy (non-hydrogen) atoms. The van der Waals surface area contributed by atoms with Gasteiger partial charge in [-0.3, -0.25) is 19.2 Å². The predicted octanol–water partition coefficient (Wildman–Crippen LogP) is 3.47. The molecule has 3 saturated carbocycles. The molecule has 8 heteroatoms. The second-order valence-corrected chi connectivity index (χ2v) is 11.4. The lowest BCUT2D eigenvalue weighted by Gasteiger charge is -2.56. The van der Waals surface area contributed by atoms with Crippen LogP contribution in [0.3, 0.4) is 0 Å². The van der Waals surface area contributed by atoms with E-state index < -0.39 is 40.6 Å². The van der Waals surface area contributed by atoms with Crippen molar-refractivity contribution in [1.82, 2.24) is 0 Å². The minimum Gasteiger partial charge on any atom is -0.457 e. The highest BCUT2D eigenvalue weighted by atomic mass is 35.5. The first-order chi connectivity index (χ1) is 15.9. The van der Waals surface area contributed by atoms with Crippen LogP contribution in [0.4, 0.5) is 0 Å². The Balaban J connectivity index is 1.53. The van der Waals surface area contributed by atoms with E-state index in [2.05, 4.69) is 6.92 Å². The number of carbonyl (C=O) groups excluding carboxylic acids is 4. The van der Waals surface area contributed by atoms with Crippen LogP contribution >= 0.6 is 11.6 Å². The summed E-state index contributed by atoms with van der Waals surface area (Å²) in [6.07, 6.45) is 7.39. The highest BCUT2D eigenvalue weighted by Crippen LogP contribution is 2.76. The Hall–Kier alpha value is -1.99. The minimum atomic E-state index is -1.38. The SMILES string of the molecule is CCC(=O)OCC(=O)[C@@]1(OC(C)=O)CC[C@H]2[C@@H]3C[C@H](Cl)C4=CC(=O)C=C[C@]4(C)[C@@]34O[C@H]4C[C@@]21C. The van der Waals surface area contributed by atoms with Crippen molar-refractivity contribution in [2.45, 2.75) is 82.5 Å². The molecule has 0 unspecified atom stereocenters. The summed E-state index contributed by atoms with van der Waals surface area (Å²) in [5.74, 6) is -1.40. The van der Waals surface area contributed by atoms with E-state index in [9.17, 15) is 19.2 Å². The van der Waals surface area contributed by atoms with Crippen molar-refractivity contribution in [3.05, 3.63) is 23.8 Å². The molecule has 7 nitrogen and oxygen atoms in total. The molecule has 8 atom stereocenters. The Morgan fingerprint density at radius 2 is 1.97 bits per heavy atom. The summed E-state index contributed by atoms with van der Waals surface area (Å²) in [5.41, 5.74) is -2.17. The van der Waals surface area contributed by atoms with E-state index in [1.807, 2.05) is 13.0 Å². The van der Waals surface area contributed by atoms with Gasteiger partial charge in [-0.25, -0.2) is 0 Å². The number of alkyl halides is 1. The molecule has 1 aliphatic heterocycles. The summed E-state index contributed by atoms with van der Waals surface area (Å²) in [4.78, 5) is 49.7. The second kappa shape index (κ2) is 7.50. The van der Waals surface area contributed by atoms with Gasteiger partial charge in [-0.05, 0) is 62.2 Å². The van der Waals surface area contributed by atoms with E-state index in [1.165, 1.54) is 6.92 Å². The van der Waals surface area contributed by atoms with E-state index in [0.29, 0.717) is 25.7 Å². The summed E-state index contributed by atoms with van der Waals surface area (Å²) in [7, 11) is 0. The van der Waals surface area contributed by atoms with Gasteiger partial charge in [-0.1, -0.05) is 19.9 Å². The quantitative estimate of drug-likeness (QED) is 0.330. The lowest BCUT2D eigenvalue weighted by Crippen LogP contribution is -2.63. The first-order valence-electron chi connectivity index (χ1n) is 12.1. The third-order valence-electron chi connectivity index (χ3n) is 9.46. The Bertz CT molecular complexity index is 1050. The van der Waals surface area contributed by atoms with Crippen molar-refractivity contribution < 1.29 is 33.4 Å². The molecule has 0 bridgehead atoms. The number of halogens is 1. The normalized spacial score (nSPS) is 45.8. The number of ketones is 2. The van der Waals surface area contributed by atoms with Crippen molar-refractivity contribution in [2.24, 2.45) is 22.7 Å². The molecule has 0 aromatic heterocycles. The Labute approximate surface area is 204 Å². The number of ether oxygens (including phenoxy) is 3. The van der Waals surface area contributed by atoms with Gasteiger partial charge in [-0.2, -0.15) is 0 Å². The standard InChI is InChI=1S/C26H31ClO7/c1-5-22(31)32-13-20(30)25(33-14(2)28)9-7-16-17-11-19(27)18-10-15(29)6-8-23(18,3)26(17)21(34-26)12-24(16,25)4/h6,8,10,16-17,19,21H,5,7,9,11-13H2,1-4H3/t16-,17-,19-,21-,23-,24-,25-,26+/m0/s1. The van der Waals surface area contributed by atoms with Gasteiger partial charge < -0.3 is 14.2 Å². The van der Waals surface area contributed by atoms with E-state index in [-0.39, 0.29) is 41.3 Å². The molecular weight excluding hydrogens is 460 g/mol. The molecule has 1 heterocycles. The number of Topliss-reactive ketones (excluding diaryl/α,β-unsaturated/α-hetero) is 1. The van der Waals surface area contributed by atoms with E-state index in [4.69, 9.17) is 25.8 Å². The maximum atomic E-state index is 13.6. The van der Waals surface area contributed by atoms with E-state index in [0.717, 1.165) is 5.57 Å². The van der Waals surface area contributed by atoms with Gasteiger partial charge in [0.1, 0.15) is 5.60 Å².